The second kappa shape index (κ2) is 6.05. The van der Waals surface area contributed by atoms with Gasteiger partial charge in [0, 0.05) is 17.3 Å². The summed E-state index contributed by atoms with van der Waals surface area (Å²) in [6.45, 7) is 0.685. The van der Waals surface area contributed by atoms with Crippen LogP contribution in [0.3, 0.4) is 0 Å². The number of thioether (sulfide) groups is 1. The highest BCUT2D eigenvalue weighted by molar-refractivity contribution is 7.99. The first kappa shape index (κ1) is 15.2. The lowest BCUT2D eigenvalue weighted by Crippen LogP contribution is -2.10. The van der Waals surface area contributed by atoms with Crippen LogP contribution in [0.1, 0.15) is 28.8 Å². The molecular formula is C13H13F3O3S. The van der Waals surface area contributed by atoms with E-state index >= 15 is 0 Å². The summed E-state index contributed by atoms with van der Waals surface area (Å²) in [6.07, 6.45) is -2.63. The van der Waals surface area contributed by atoms with Crippen molar-refractivity contribution >= 4 is 17.7 Å². The lowest BCUT2D eigenvalue weighted by Gasteiger charge is -2.13. The van der Waals surface area contributed by atoms with Crippen molar-refractivity contribution in [3.8, 4) is 0 Å². The quantitative estimate of drug-likeness (QED) is 0.862. The number of carboxylic acids is 1. The van der Waals surface area contributed by atoms with Crippen LogP contribution in [0.15, 0.2) is 23.1 Å². The van der Waals surface area contributed by atoms with E-state index in [4.69, 9.17) is 9.84 Å². The van der Waals surface area contributed by atoms with E-state index in [9.17, 15) is 18.0 Å². The molecule has 1 atom stereocenters. The highest BCUT2D eigenvalue weighted by atomic mass is 32.2. The average Bonchev–Trinajstić information content (AvgIpc) is 2.88. The van der Waals surface area contributed by atoms with Gasteiger partial charge >= 0.3 is 12.1 Å². The number of rotatable bonds is 4. The fraction of sp³-hybridized carbons (Fsp3) is 0.462. The number of alkyl halides is 3. The summed E-state index contributed by atoms with van der Waals surface area (Å²) in [5, 5.41) is 9.04. The van der Waals surface area contributed by atoms with Gasteiger partial charge in [-0.15, -0.1) is 11.8 Å². The molecule has 2 rings (SSSR count). The lowest BCUT2D eigenvalue weighted by atomic mass is 10.1. The molecule has 110 valence electrons. The largest absolute Gasteiger partial charge is 0.478 e. The Morgan fingerprint density at radius 2 is 2.20 bits per heavy atom. The Morgan fingerprint density at radius 3 is 2.75 bits per heavy atom. The number of halogens is 3. The van der Waals surface area contributed by atoms with Crippen LogP contribution in [0.2, 0.25) is 0 Å². The van der Waals surface area contributed by atoms with Gasteiger partial charge in [0.1, 0.15) is 0 Å². The van der Waals surface area contributed by atoms with Crippen molar-refractivity contribution in [3.63, 3.8) is 0 Å². The second-order valence-electron chi connectivity index (χ2n) is 4.46. The van der Waals surface area contributed by atoms with Gasteiger partial charge in [0.05, 0.1) is 17.2 Å². The Labute approximate surface area is 118 Å². The molecule has 20 heavy (non-hydrogen) atoms. The van der Waals surface area contributed by atoms with Crippen LogP contribution in [0.5, 0.6) is 0 Å². The van der Waals surface area contributed by atoms with Gasteiger partial charge in [-0.3, -0.25) is 0 Å². The van der Waals surface area contributed by atoms with Crippen molar-refractivity contribution in [1.82, 2.24) is 0 Å². The summed E-state index contributed by atoms with van der Waals surface area (Å²) < 4.78 is 43.1. The SMILES string of the molecule is O=C(O)c1cc(C(F)(F)F)ccc1SCC1CCCO1. The predicted octanol–water partition coefficient (Wildman–Crippen LogP) is 3.67. The maximum absolute atomic E-state index is 12.6. The molecule has 1 aliphatic rings. The van der Waals surface area contributed by atoms with E-state index in [0.717, 1.165) is 18.9 Å². The van der Waals surface area contributed by atoms with Crippen molar-refractivity contribution in [2.45, 2.75) is 30.0 Å². The molecule has 0 saturated carbocycles. The lowest BCUT2D eigenvalue weighted by molar-refractivity contribution is -0.137. The van der Waals surface area contributed by atoms with Crippen LogP contribution in [0.25, 0.3) is 0 Å². The predicted molar refractivity (Wildman–Crippen MR) is 68.1 cm³/mol. The van der Waals surface area contributed by atoms with Crippen molar-refractivity contribution in [2.24, 2.45) is 0 Å². The van der Waals surface area contributed by atoms with E-state index in [2.05, 4.69) is 0 Å². The maximum Gasteiger partial charge on any atom is 0.416 e. The van der Waals surface area contributed by atoms with E-state index in [0.29, 0.717) is 23.3 Å². The molecule has 1 unspecified atom stereocenters. The standard InChI is InChI=1S/C13H13F3O3S/c14-13(15,16)8-3-4-11(10(6-8)12(17)18)20-7-9-2-1-5-19-9/h3-4,6,9H,1-2,5,7H2,(H,17,18). The summed E-state index contributed by atoms with van der Waals surface area (Å²) in [7, 11) is 0. The molecule has 1 fully saturated rings. The minimum Gasteiger partial charge on any atom is -0.478 e. The van der Waals surface area contributed by atoms with Gasteiger partial charge in [-0.05, 0) is 31.0 Å². The second-order valence-corrected chi connectivity index (χ2v) is 5.52. The Bertz CT molecular complexity index is 496. The zero-order chi connectivity index (χ0) is 14.8. The number of ether oxygens (including phenoxy) is 1. The fourth-order valence-corrected chi connectivity index (χ4v) is 3.05. The number of benzene rings is 1. The van der Waals surface area contributed by atoms with Crippen LogP contribution < -0.4 is 0 Å². The van der Waals surface area contributed by atoms with E-state index in [1.54, 1.807) is 0 Å². The Balaban J connectivity index is 2.17. The van der Waals surface area contributed by atoms with Gasteiger partial charge in [-0.25, -0.2) is 4.79 Å². The molecule has 1 aromatic rings. The van der Waals surface area contributed by atoms with Crippen molar-refractivity contribution in [2.75, 3.05) is 12.4 Å². The molecule has 1 N–H and O–H groups in total. The van der Waals surface area contributed by atoms with E-state index < -0.39 is 17.7 Å². The summed E-state index contributed by atoms with van der Waals surface area (Å²) in [5.41, 5.74) is -1.26. The molecule has 0 spiro atoms. The number of hydrogen-bond donors (Lipinski definition) is 1. The topological polar surface area (TPSA) is 46.5 Å². The molecule has 0 radical (unpaired) electrons. The van der Waals surface area contributed by atoms with Gasteiger partial charge in [0.2, 0.25) is 0 Å². The molecule has 0 amide bonds. The van der Waals surface area contributed by atoms with Crippen molar-refractivity contribution < 1.29 is 27.8 Å². The normalized spacial score (nSPS) is 19.2. The average molecular weight is 306 g/mol. The number of carbonyl (C=O) groups is 1. The monoisotopic (exact) mass is 306 g/mol. The minimum atomic E-state index is -4.54. The van der Waals surface area contributed by atoms with E-state index in [-0.39, 0.29) is 11.7 Å². The molecule has 0 bridgehead atoms. The number of aromatic carboxylic acids is 1. The molecule has 1 aliphatic heterocycles. The molecule has 1 aromatic carbocycles. The molecule has 1 heterocycles. The van der Waals surface area contributed by atoms with Gasteiger partial charge in [-0.1, -0.05) is 0 Å². The van der Waals surface area contributed by atoms with Crippen molar-refractivity contribution in [3.05, 3.63) is 29.3 Å². The Morgan fingerprint density at radius 1 is 1.45 bits per heavy atom. The third-order valence-corrected chi connectivity index (χ3v) is 4.19. The molecule has 7 heteroatoms. The zero-order valence-electron chi connectivity index (χ0n) is 10.4. The summed E-state index contributed by atoms with van der Waals surface area (Å²) in [6, 6.07) is 2.80. The van der Waals surface area contributed by atoms with Gasteiger partial charge < -0.3 is 9.84 Å². The molecule has 3 nitrogen and oxygen atoms in total. The zero-order valence-corrected chi connectivity index (χ0v) is 11.3. The van der Waals surface area contributed by atoms with Crippen LogP contribution in [-0.4, -0.2) is 29.5 Å². The minimum absolute atomic E-state index is 0.0453. The van der Waals surface area contributed by atoms with Crippen LogP contribution in [-0.2, 0) is 10.9 Å². The first-order chi connectivity index (χ1) is 9.38. The van der Waals surface area contributed by atoms with E-state index in [1.807, 2.05) is 0 Å². The molecule has 1 saturated heterocycles. The van der Waals surface area contributed by atoms with Crippen LogP contribution >= 0.6 is 11.8 Å². The van der Waals surface area contributed by atoms with Gasteiger partial charge in [0.15, 0.2) is 0 Å². The highest BCUT2D eigenvalue weighted by Crippen LogP contribution is 2.34. The first-order valence-electron chi connectivity index (χ1n) is 6.07. The van der Waals surface area contributed by atoms with Gasteiger partial charge in [-0.2, -0.15) is 13.2 Å². The van der Waals surface area contributed by atoms with Crippen LogP contribution in [0.4, 0.5) is 13.2 Å². The Hall–Kier alpha value is -1.21. The Kier molecular flexibility index (Phi) is 4.59. The smallest absolute Gasteiger partial charge is 0.416 e. The summed E-state index contributed by atoms with van der Waals surface area (Å²) in [5.74, 6) is -0.808. The maximum atomic E-state index is 12.6. The van der Waals surface area contributed by atoms with Crippen LogP contribution in [0, 0.1) is 0 Å². The third-order valence-electron chi connectivity index (χ3n) is 2.99. The highest BCUT2D eigenvalue weighted by Gasteiger charge is 2.32. The van der Waals surface area contributed by atoms with Gasteiger partial charge in [0.25, 0.3) is 0 Å². The molecular weight excluding hydrogens is 293 g/mol. The number of carboxylic acid groups (broad SMARTS) is 1. The molecule has 0 aliphatic carbocycles. The van der Waals surface area contributed by atoms with E-state index in [1.165, 1.54) is 17.8 Å². The fourth-order valence-electron chi connectivity index (χ4n) is 1.96. The summed E-state index contributed by atoms with van der Waals surface area (Å²) in [4.78, 5) is 11.4. The van der Waals surface area contributed by atoms with Crippen molar-refractivity contribution in [1.29, 1.82) is 0 Å². The first-order valence-corrected chi connectivity index (χ1v) is 7.05. The molecule has 0 aromatic heterocycles. The third kappa shape index (κ3) is 3.67. The summed E-state index contributed by atoms with van der Waals surface area (Å²) >= 11 is 1.22. The number of hydrogen-bond acceptors (Lipinski definition) is 3.